The molecule has 6 heteroatoms. The molecule has 0 radical (unpaired) electrons. The lowest BCUT2D eigenvalue weighted by Crippen LogP contribution is -2.47. The summed E-state index contributed by atoms with van der Waals surface area (Å²) in [5.41, 5.74) is 1.16. The number of hydrogen-bond acceptors (Lipinski definition) is 5. The highest BCUT2D eigenvalue weighted by Crippen LogP contribution is 2.23. The molecular formula is C21H29N3O3. The molecule has 146 valence electrons. The van der Waals surface area contributed by atoms with E-state index in [9.17, 15) is 4.79 Å². The summed E-state index contributed by atoms with van der Waals surface area (Å²) in [5, 5.41) is 8.23. The van der Waals surface area contributed by atoms with Gasteiger partial charge in [0.15, 0.2) is 0 Å². The molecule has 6 nitrogen and oxygen atoms in total. The van der Waals surface area contributed by atoms with Crippen molar-refractivity contribution in [3.8, 4) is 5.75 Å². The monoisotopic (exact) mass is 371 g/mol. The van der Waals surface area contributed by atoms with Gasteiger partial charge in [-0.3, -0.25) is 4.79 Å². The number of aryl methyl sites for hydroxylation is 3. The molecule has 1 aliphatic heterocycles. The second-order valence-corrected chi connectivity index (χ2v) is 7.37. The third-order valence-electron chi connectivity index (χ3n) is 5.30. The van der Waals surface area contributed by atoms with Gasteiger partial charge in [0.25, 0.3) is 0 Å². The van der Waals surface area contributed by atoms with Crippen LogP contribution >= 0.6 is 0 Å². The molecule has 1 aliphatic rings. The second-order valence-electron chi connectivity index (χ2n) is 7.37. The van der Waals surface area contributed by atoms with Gasteiger partial charge in [0, 0.05) is 31.3 Å². The lowest BCUT2D eigenvalue weighted by molar-refractivity contribution is -0.137. The van der Waals surface area contributed by atoms with Gasteiger partial charge in [0.05, 0.1) is 7.11 Å². The maximum absolute atomic E-state index is 12.6. The van der Waals surface area contributed by atoms with E-state index in [-0.39, 0.29) is 5.91 Å². The van der Waals surface area contributed by atoms with Gasteiger partial charge in [0.2, 0.25) is 17.7 Å². The number of piperidine rings is 1. The fourth-order valence-electron chi connectivity index (χ4n) is 3.83. The first-order chi connectivity index (χ1) is 13.1. The van der Waals surface area contributed by atoms with Crippen molar-refractivity contribution in [3.63, 3.8) is 0 Å². The molecule has 0 spiro atoms. The minimum Gasteiger partial charge on any atom is -0.497 e. The van der Waals surface area contributed by atoms with Crippen LogP contribution in [0.2, 0.25) is 0 Å². The van der Waals surface area contributed by atoms with Gasteiger partial charge in [0.1, 0.15) is 5.75 Å². The van der Waals surface area contributed by atoms with Gasteiger partial charge >= 0.3 is 0 Å². The number of methoxy groups -OCH3 is 1. The van der Waals surface area contributed by atoms with E-state index in [4.69, 9.17) is 9.15 Å². The molecule has 0 saturated carbocycles. The number of carbonyl (C=O) groups is 1. The van der Waals surface area contributed by atoms with Gasteiger partial charge in [-0.1, -0.05) is 12.1 Å². The van der Waals surface area contributed by atoms with Crippen molar-refractivity contribution in [2.75, 3.05) is 7.11 Å². The molecule has 2 heterocycles. The number of nitrogens with zero attached hydrogens (tertiary/aromatic N) is 3. The quantitative estimate of drug-likeness (QED) is 0.744. The van der Waals surface area contributed by atoms with Crippen LogP contribution in [0.1, 0.15) is 56.9 Å². The van der Waals surface area contributed by atoms with Gasteiger partial charge < -0.3 is 14.1 Å². The largest absolute Gasteiger partial charge is 0.497 e. The van der Waals surface area contributed by atoms with E-state index >= 15 is 0 Å². The summed E-state index contributed by atoms with van der Waals surface area (Å²) in [6.07, 6.45) is 5.78. The van der Waals surface area contributed by atoms with Gasteiger partial charge in [-0.2, -0.15) is 0 Å². The number of aromatic nitrogens is 2. The standard InChI is InChI=1S/C21H29N3O3/c1-15-6-4-7-16(2)24(15)21(25)13-12-20-23-22-19(27-20)11-10-17-8-5-9-18(14-17)26-3/h5,8-9,14-16H,4,6-7,10-13H2,1-3H3/t15-,16+. The fourth-order valence-corrected chi connectivity index (χ4v) is 3.83. The van der Waals surface area contributed by atoms with Crippen molar-refractivity contribution >= 4 is 5.91 Å². The van der Waals surface area contributed by atoms with Crippen molar-refractivity contribution in [2.45, 2.75) is 70.9 Å². The average Bonchev–Trinajstić information content (AvgIpc) is 3.13. The molecule has 1 fully saturated rings. The van der Waals surface area contributed by atoms with Crippen LogP contribution in [0.3, 0.4) is 0 Å². The normalized spacial score (nSPS) is 19.9. The minimum atomic E-state index is 0.186. The zero-order valence-electron chi connectivity index (χ0n) is 16.5. The maximum Gasteiger partial charge on any atom is 0.223 e. The highest BCUT2D eigenvalue weighted by molar-refractivity contribution is 5.77. The van der Waals surface area contributed by atoms with Crippen LogP contribution in [-0.4, -0.2) is 40.2 Å². The van der Waals surface area contributed by atoms with Crippen molar-refractivity contribution < 1.29 is 13.9 Å². The highest BCUT2D eigenvalue weighted by Gasteiger charge is 2.28. The number of carbonyl (C=O) groups excluding carboxylic acids is 1. The Bertz CT molecular complexity index is 749. The molecule has 1 aromatic carbocycles. The third-order valence-corrected chi connectivity index (χ3v) is 5.30. The molecule has 1 aromatic heterocycles. The number of amides is 1. The average molecular weight is 371 g/mol. The van der Waals surface area contributed by atoms with E-state index in [2.05, 4.69) is 30.1 Å². The molecular weight excluding hydrogens is 342 g/mol. The Kier molecular flexibility index (Phi) is 6.48. The van der Waals surface area contributed by atoms with Crippen molar-refractivity contribution in [1.82, 2.24) is 15.1 Å². The summed E-state index contributed by atoms with van der Waals surface area (Å²) in [4.78, 5) is 14.6. The number of likely N-dealkylation sites (tertiary alicyclic amines) is 1. The van der Waals surface area contributed by atoms with E-state index in [1.165, 1.54) is 6.42 Å². The Morgan fingerprint density at radius 3 is 2.56 bits per heavy atom. The van der Waals surface area contributed by atoms with Crippen LogP contribution in [0.5, 0.6) is 5.75 Å². The van der Waals surface area contributed by atoms with Crippen LogP contribution in [0, 0.1) is 0 Å². The van der Waals surface area contributed by atoms with E-state index in [1.807, 2.05) is 23.1 Å². The number of rotatable bonds is 7. The number of ether oxygens (including phenoxy) is 1. The van der Waals surface area contributed by atoms with E-state index in [0.29, 0.717) is 43.1 Å². The third kappa shape index (κ3) is 5.08. The summed E-state index contributed by atoms with van der Waals surface area (Å²) in [7, 11) is 1.66. The van der Waals surface area contributed by atoms with E-state index in [1.54, 1.807) is 7.11 Å². The van der Waals surface area contributed by atoms with Crippen LogP contribution in [0.4, 0.5) is 0 Å². The van der Waals surface area contributed by atoms with Crippen LogP contribution < -0.4 is 4.74 Å². The SMILES string of the molecule is COc1cccc(CCc2nnc(CCC(=O)N3[C@H](C)CCC[C@@H]3C)o2)c1. The summed E-state index contributed by atoms with van der Waals surface area (Å²) in [5.74, 6) is 2.19. The fraction of sp³-hybridized carbons (Fsp3) is 0.571. The molecule has 3 rings (SSSR count). The molecule has 2 aromatic rings. The van der Waals surface area contributed by atoms with Gasteiger partial charge in [-0.05, 0) is 57.2 Å². The lowest BCUT2D eigenvalue weighted by Gasteiger charge is -2.39. The molecule has 2 atom stereocenters. The molecule has 0 unspecified atom stereocenters. The topological polar surface area (TPSA) is 68.5 Å². The zero-order chi connectivity index (χ0) is 19.2. The summed E-state index contributed by atoms with van der Waals surface area (Å²) in [6, 6.07) is 8.61. The van der Waals surface area contributed by atoms with Crippen LogP contribution in [-0.2, 0) is 24.1 Å². The van der Waals surface area contributed by atoms with Crippen LogP contribution in [0.25, 0.3) is 0 Å². The predicted octanol–water partition coefficient (Wildman–Crippen LogP) is 3.59. The predicted molar refractivity (Wildman–Crippen MR) is 103 cm³/mol. The summed E-state index contributed by atoms with van der Waals surface area (Å²) < 4.78 is 11.0. The molecule has 1 saturated heterocycles. The van der Waals surface area contributed by atoms with Gasteiger partial charge in [-0.25, -0.2) is 0 Å². The Hall–Kier alpha value is -2.37. The molecule has 0 bridgehead atoms. The van der Waals surface area contributed by atoms with E-state index < -0.39 is 0 Å². The summed E-state index contributed by atoms with van der Waals surface area (Å²) in [6.45, 7) is 4.27. The minimum absolute atomic E-state index is 0.186. The molecule has 0 N–H and O–H groups in total. The Morgan fingerprint density at radius 2 is 1.85 bits per heavy atom. The number of hydrogen-bond donors (Lipinski definition) is 0. The maximum atomic E-state index is 12.6. The first-order valence-electron chi connectivity index (χ1n) is 9.82. The Morgan fingerprint density at radius 1 is 1.15 bits per heavy atom. The highest BCUT2D eigenvalue weighted by atomic mass is 16.5. The first-order valence-corrected chi connectivity index (χ1v) is 9.82. The molecule has 1 amide bonds. The first kappa shape index (κ1) is 19.4. The smallest absolute Gasteiger partial charge is 0.223 e. The Balaban J connectivity index is 1.49. The molecule has 27 heavy (non-hydrogen) atoms. The lowest BCUT2D eigenvalue weighted by atomic mass is 9.97. The van der Waals surface area contributed by atoms with Crippen LogP contribution in [0.15, 0.2) is 28.7 Å². The van der Waals surface area contributed by atoms with Crippen molar-refractivity contribution in [2.24, 2.45) is 0 Å². The Labute approximate surface area is 160 Å². The summed E-state index contributed by atoms with van der Waals surface area (Å²) >= 11 is 0. The van der Waals surface area contributed by atoms with Crippen molar-refractivity contribution in [1.29, 1.82) is 0 Å². The molecule has 0 aliphatic carbocycles. The van der Waals surface area contributed by atoms with E-state index in [0.717, 1.165) is 30.6 Å². The number of benzene rings is 1. The van der Waals surface area contributed by atoms with Gasteiger partial charge in [-0.15, -0.1) is 10.2 Å². The second kappa shape index (κ2) is 9.02. The van der Waals surface area contributed by atoms with Crippen molar-refractivity contribution in [3.05, 3.63) is 41.6 Å². The zero-order valence-corrected chi connectivity index (χ0v) is 16.5.